The number of hydrogen-bond donors (Lipinski definition) is 3. The smallest absolute Gasteiger partial charge is 0.0546 e. The molecule has 0 spiro atoms. The van der Waals surface area contributed by atoms with E-state index in [-0.39, 0.29) is 6.10 Å². The summed E-state index contributed by atoms with van der Waals surface area (Å²) in [6, 6.07) is 1.25. The number of aliphatic hydroxyl groups excluding tert-OH is 1. The molecule has 0 aromatic heterocycles. The summed E-state index contributed by atoms with van der Waals surface area (Å²) in [7, 11) is 0. The van der Waals surface area contributed by atoms with Gasteiger partial charge in [-0.3, -0.25) is 0 Å². The summed E-state index contributed by atoms with van der Waals surface area (Å²) in [6.45, 7) is 4.52. The zero-order chi connectivity index (χ0) is 9.97. The molecule has 1 saturated carbocycles. The van der Waals surface area contributed by atoms with Gasteiger partial charge in [0, 0.05) is 12.1 Å². The summed E-state index contributed by atoms with van der Waals surface area (Å²) in [4.78, 5) is 0. The molecule has 3 N–H and O–H groups in total. The van der Waals surface area contributed by atoms with Crippen molar-refractivity contribution in [1.82, 2.24) is 10.6 Å². The molecule has 2 unspecified atom stereocenters. The van der Waals surface area contributed by atoms with E-state index in [1.54, 1.807) is 0 Å². The van der Waals surface area contributed by atoms with Crippen molar-refractivity contribution < 1.29 is 5.11 Å². The summed E-state index contributed by atoms with van der Waals surface area (Å²) in [5.74, 6) is 0.721. The minimum atomic E-state index is -0.0105. The Morgan fingerprint density at radius 2 is 2.21 bits per heavy atom. The average Bonchev–Trinajstić information content (AvgIpc) is 2.13. The second-order valence-corrected chi connectivity index (χ2v) is 4.89. The number of hydrogen-bond acceptors (Lipinski definition) is 3. The van der Waals surface area contributed by atoms with Crippen molar-refractivity contribution in [3.05, 3.63) is 0 Å². The summed E-state index contributed by atoms with van der Waals surface area (Å²) >= 11 is 0. The van der Waals surface area contributed by atoms with Crippen LogP contribution in [0.25, 0.3) is 0 Å². The quantitative estimate of drug-likeness (QED) is 0.618. The van der Waals surface area contributed by atoms with E-state index in [2.05, 4.69) is 17.6 Å². The summed E-state index contributed by atoms with van der Waals surface area (Å²) < 4.78 is 0. The van der Waals surface area contributed by atoms with Crippen molar-refractivity contribution in [2.45, 2.75) is 50.8 Å². The summed E-state index contributed by atoms with van der Waals surface area (Å²) in [5, 5.41) is 16.3. The molecule has 82 valence electrons. The summed E-state index contributed by atoms with van der Waals surface area (Å²) in [5.41, 5.74) is 0. The molecular formula is C11H22N2O. The molecule has 3 nitrogen and oxygen atoms in total. The van der Waals surface area contributed by atoms with Gasteiger partial charge in [-0.05, 0) is 51.6 Å². The number of rotatable bonds is 3. The predicted octanol–water partition coefficient (Wildman–Crippen LogP) is 0.487. The van der Waals surface area contributed by atoms with Crippen molar-refractivity contribution in [2.24, 2.45) is 5.92 Å². The third kappa shape index (κ3) is 2.47. The average molecular weight is 198 g/mol. The minimum Gasteiger partial charge on any atom is -0.393 e. The van der Waals surface area contributed by atoms with Gasteiger partial charge in [-0.1, -0.05) is 0 Å². The van der Waals surface area contributed by atoms with Gasteiger partial charge in [-0.25, -0.2) is 0 Å². The van der Waals surface area contributed by atoms with Gasteiger partial charge >= 0.3 is 0 Å². The molecule has 1 aliphatic carbocycles. The van der Waals surface area contributed by atoms with Crippen LogP contribution in [-0.2, 0) is 0 Å². The Morgan fingerprint density at radius 1 is 1.43 bits per heavy atom. The number of aliphatic hydroxyl groups is 1. The van der Waals surface area contributed by atoms with E-state index < -0.39 is 0 Å². The molecule has 1 aliphatic heterocycles. The van der Waals surface area contributed by atoms with E-state index in [9.17, 15) is 0 Å². The highest BCUT2D eigenvalue weighted by atomic mass is 16.3. The Labute approximate surface area is 86.3 Å². The predicted molar refractivity (Wildman–Crippen MR) is 57.2 cm³/mol. The molecular weight excluding hydrogens is 176 g/mol. The van der Waals surface area contributed by atoms with E-state index in [4.69, 9.17) is 5.11 Å². The fourth-order valence-corrected chi connectivity index (χ4v) is 2.51. The molecule has 1 saturated heterocycles. The highest BCUT2D eigenvalue weighted by molar-refractivity contribution is 4.86. The second kappa shape index (κ2) is 4.60. The number of nitrogens with one attached hydrogen (secondary N) is 2. The van der Waals surface area contributed by atoms with E-state index in [1.807, 2.05) is 0 Å². The molecule has 0 aromatic carbocycles. The van der Waals surface area contributed by atoms with Crippen LogP contribution in [0.3, 0.4) is 0 Å². The van der Waals surface area contributed by atoms with Crippen LogP contribution in [0.4, 0.5) is 0 Å². The molecule has 0 amide bonds. The van der Waals surface area contributed by atoms with Gasteiger partial charge < -0.3 is 15.7 Å². The fourth-order valence-electron chi connectivity index (χ4n) is 2.51. The topological polar surface area (TPSA) is 44.3 Å². The molecule has 0 bridgehead atoms. The lowest BCUT2D eigenvalue weighted by Gasteiger charge is -2.36. The molecule has 2 aliphatic rings. The molecule has 0 radical (unpaired) electrons. The van der Waals surface area contributed by atoms with Gasteiger partial charge in [0.05, 0.1) is 6.10 Å². The molecule has 2 rings (SSSR count). The van der Waals surface area contributed by atoms with Gasteiger partial charge in [-0.15, -0.1) is 0 Å². The lowest BCUT2D eigenvalue weighted by atomic mass is 9.82. The maximum Gasteiger partial charge on any atom is 0.0546 e. The van der Waals surface area contributed by atoms with Gasteiger partial charge in [-0.2, -0.15) is 0 Å². The van der Waals surface area contributed by atoms with Gasteiger partial charge in [0.15, 0.2) is 0 Å². The Morgan fingerprint density at radius 3 is 2.86 bits per heavy atom. The van der Waals surface area contributed by atoms with Crippen LogP contribution >= 0.6 is 0 Å². The van der Waals surface area contributed by atoms with Crippen molar-refractivity contribution in [3.8, 4) is 0 Å². The van der Waals surface area contributed by atoms with Crippen LogP contribution in [0, 0.1) is 5.92 Å². The first-order valence-corrected chi connectivity index (χ1v) is 5.90. The third-order valence-corrected chi connectivity index (χ3v) is 3.64. The van der Waals surface area contributed by atoms with Crippen molar-refractivity contribution in [1.29, 1.82) is 0 Å². The Hall–Kier alpha value is -0.120. The highest BCUT2D eigenvalue weighted by Crippen LogP contribution is 2.26. The van der Waals surface area contributed by atoms with Crippen LogP contribution in [-0.4, -0.2) is 36.4 Å². The minimum absolute atomic E-state index is 0.0105. The van der Waals surface area contributed by atoms with Gasteiger partial charge in [0.25, 0.3) is 0 Å². The van der Waals surface area contributed by atoms with Gasteiger partial charge in [0.2, 0.25) is 0 Å². The monoisotopic (exact) mass is 198 g/mol. The second-order valence-electron chi connectivity index (χ2n) is 4.89. The lowest BCUT2D eigenvalue weighted by Crippen LogP contribution is -2.52. The third-order valence-electron chi connectivity index (χ3n) is 3.64. The first-order valence-electron chi connectivity index (χ1n) is 5.90. The molecule has 0 aromatic rings. The van der Waals surface area contributed by atoms with Crippen molar-refractivity contribution >= 4 is 0 Å². The molecule has 3 heteroatoms. The van der Waals surface area contributed by atoms with Crippen molar-refractivity contribution in [2.75, 3.05) is 13.1 Å². The lowest BCUT2D eigenvalue weighted by molar-refractivity contribution is 0.0408. The molecule has 1 heterocycles. The van der Waals surface area contributed by atoms with Crippen molar-refractivity contribution in [3.63, 3.8) is 0 Å². The molecule has 14 heavy (non-hydrogen) atoms. The molecule has 2 atom stereocenters. The van der Waals surface area contributed by atoms with E-state index in [0.717, 1.165) is 25.3 Å². The maximum absolute atomic E-state index is 9.17. The Balaban J connectivity index is 1.64. The van der Waals surface area contributed by atoms with Crippen LogP contribution in [0.5, 0.6) is 0 Å². The van der Waals surface area contributed by atoms with Gasteiger partial charge in [0.1, 0.15) is 0 Å². The Kier molecular flexibility index (Phi) is 3.42. The maximum atomic E-state index is 9.17. The number of piperidine rings is 1. The SMILES string of the molecule is CC1NCCCC1NCC1CC(O)C1. The van der Waals surface area contributed by atoms with Crippen LogP contribution in [0.2, 0.25) is 0 Å². The highest BCUT2D eigenvalue weighted by Gasteiger charge is 2.28. The normalized spacial score (nSPS) is 43.3. The fraction of sp³-hybridized carbons (Fsp3) is 1.00. The van der Waals surface area contributed by atoms with E-state index >= 15 is 0 Å². The van der Waals surface area contributed by atoms with E-state index in [0.29, 0.717) is 12.1 Å². The van der Waals surface area contributed by atoms with Crippen LogP contribution < -0.4 is 10.6 Å². The largest absolute Gasteiger partial charge is 0.393 e. The molecule has 2 fully saturated rings. The zero-order valence-corrected chi connectivity index (χ0v) is 9.00. The Bertz CT molecular complexity index is 180. The standard InChI is InChI=1S/C11H22N2O/c1-8-11(3-2-4-12-8)13-7-9-5-10(14)6-9/h8-14H,2-7H2,1H3. The zero-order valence-electron chi connectivity index (χ0n) is 9.00. The first kappa shape index (κ1) is 10.4. The summed E-state index contributed by atoms with van der Waals surface area (Å²) in [6.07, 6.45) is 4.57. The van der Waals surface area contributed by atoms with E-state index in [1.165, 1.54) is 19.4 Å². The first-order chi connectivity index (χ1) is 6.75. The van der Waals surface area contributed by atoms with Crippen LogP contribution in [0.15, 0.2) is 0 Å². The van der Waals surface area contributed by atoms with Crippen LogP contribution in [0.1, 0.15) is 32.6 Å².